The molecule has 136 valence electrons. The van der Waals surface area contributed by atoms with Crippen molar-refractivity contribution >= 4 is 21.6 Å². The molecule has 0 saturated carbocycles. The van der Waals surface area contributed by atoms with E-state index in [9.17, 15) is 13.2 Å². The zero-order valence-electron chi connectivity index (χ0n) is 14.6. The van der Waals surface area contributed by atoms with Crippen molar-refractivity contribution in [2.24, 2.45) is 0 Å². The lowest BCUT2D eigenvalue weighted by atomic mass is 9.99. The highest BCUT2D eigenvalue weighted by atomic mass is 32.2. The molecule has 8 heteroatoms. The summed E-state index contributed by atoms with van der Waals surface area (Å²) >= 11 is 0. The first-order valence-corrected chi connectivity index (χ1v) is 10.4. The maximum Gasteiger partial charge on any atom is 0.274 e. The van der Waals surface area contributed by atoms with Crippen LogP contribution in [-0.2, 0) is 10.0 Å². The lowest BCUT2D eigenvalue weighted by Crippen LogP contribution is -2.45. The third kappa shape index (κ3) is 4.19. The van der Waals surface area contributed by atoms with Gasteiger partial charge in [0.2, 0.25) is 10.0 Å². The first-order valence-electron chi connectivity index (χ1n) is 8.55. The fourth-order valence-corrected chi connectivity index (χ4v) is 3.87. The largest absolute Gasteiger partial charge is 0.334 e. The van der Waals surface area contributed by atoms with E-state index >= 15 is 0 Å². The van der Waals surface area contributed by atoms with Crippen molar-refractivity contribution in [1.82, 2.24) is 19.0 Å². The number of pyridine rings is 1. The number of hydrogen-bond acceptors (Lipinski definition) is 4. The molecule has 2 aromatic heterocycles. The molecule has 3 heterocycles. The van der Waals surface area contributed by atoms with Crippen molar-refractivity contribution < 1.29 is 13.2 Å². The van der Waals surface area contributed by atoms with Crippen LogP contribution < -0.4 is 4.72 Å². The van der Waals surface area contributed by atoms with Crippen LogP contribution in [0.3, 0.4) is 0 Å². The molecule has 7 nitrogen and oxygen atoms in total. The molecule has 1 saturated heterocycles. The van der Waals surface area contributed by atoms with Gasteiger partial charge in [0.05, 0.1) is 6.26 Å². The van der Waals surface area contributed by atoms with Gasteiger partial charge in [0.1, 0.15) is 11.3 Å². The Hall–Kier alpha value is -1.93. The van der Waals surface area contributed by atoms with Crippen molar-refractivity contribution in [3.05, 3.63) is 35.8 Å². The highest BCUT2D eigenvalue weighted by Gasteiger charge is 2.28. The van der Waals surface area contributed by atoms with Gasteiger partial charge >= 0.3 is 0 Å². The van der Waals surface area contributed by atoms with Crippen molar-refractivity contribution in [3.8, 4) is 0 Å². The van der Waals surface area contributed by atoms with E-state index in [0.717, 1.165) is 36.7 Å². The summed E-state index contributed by atoms with van der Waals surface area (Å²) in [6.07, 6.45) is 8.33. The van der Waals surface area contributed by atoms with Crippen molar-refractivity contribution in [2.75, 3.05) is 19.3 Å². The molecular formula is C17H24N4O3S. The van der Waals surface area contributed by atoms with Gasteiger partial charge in [-0.05, 0) is 44.2 Å². The third-order valence-corrected chi connectivity index (χ3v) is 5.36. The second-order valence-corrected chi connectivity index (χ2v) is 8.48. The fourth-order valence-electron chi connectivity index (χ4n) is 3.38. The summed E-state index contributed by atoms with van der Waals surface area (Å²) in [6, 6.07) is 3.94. The number of sulfonamides is 1. The van der Waals surface area contributed by atoms with Gasteiger partial charge in [0.15, 0.2) is 0 Å². The van der Waals surface area contributed by atoms with Crippen molar-refractivity contribution in [2.45, 2.75) is 38.6 Å². The number of likely N-dealkylation sites (tertiary alicyclic amines) is 1. The van der Waals surface area contributed by atoms with Crippen LogP contribution in [0, 0.1) is 6.92 Å². The molecule has 1 amide bonds. The van der Waals surface area contributed by atoms with Crippen LogP contribution >= 0.6 is 0 Å². The van der Waals surface area contributed by atoms with Crippen LogP contribution in [0.4, 0.5) is 0 Å². The van der Waals surface area contributed by atoms with Crippen LogP contribution in [-0.4, -0.2) is 54.0 Å². The molecule has 1 N–H and O–H groups in total. The molecule has 0 aliphatic carbocycles. The van der Waals surface area contributed by atoms with E-state index in [1.54, 1.807) is 6.20 Å². The Balaban J connectivity index is 1.76. The number of aromatic nitrogens is 2. The number of amides is 1. The summed E-state index contributed by atoms with van der Waals surface area (Å²) in [5, 5.41) is 0. The van der Waals surface area contributed by atoms with Crippen LogP contribution in [0.15, 0.2) is 24.5 Å². The second kappa shape index (κ2) is 7.13. The number of carbonyl (C=O) groups is 1. The normalized spacial score (nSPS) is 18.6. The van der Waals surface area contributed by atoms with E-state index in [1.165, 1.54) is 0 Å². The maximum atomic E-state index is 13.0. The highest BCUT2D eigenvalue weighted by Crippen LogP contribution is 2.22. The quantitative estimate of drug-likeness (QED) is 0.873. The summed E-state index contributed by atoms with van der Waals surface area (Å²) in [5.41, 5.74) is 2.25. The first-order chi connectivity index (χ1) is 11.8. The molecule has 0 radical (unpaired) electrons. The van der Waals surface area contributed by atoms with Gasteiger partial charge in [0, 0.05) is 31.5 Å². The van der Waals surface area contributed by atoms with E-state index in [4.69, 9.17) is 0 Å². The minimum Gasteiger partial charge on any atom is -0.334 e. The Kier molecular flexibility index (Phi) is 5.10. The van der Waals surface area contributed by atoms with E-state index in [1.807, 2.05) is 34.6 Å². The molecule has 1 aliphatic heterocycles. The summed E-state index contributed by atoms with van der Waals surface area (Å²) in [7, 11) is -3.21. The number of hydrogen-bond donors (Lipinski definition) is 1. The topological polar surface area (TPSA) is 83.8 Å². The van der Waals surface area contributed by atoms with Gasteiger partial charge in [-0.15, -0.1) is 0 Å². The standard InChI is InChI=1S/C17H24N4O3S/c1-13-6-5-10-20-12-15(19-16(13)20)17(22)21-11-4-3-7-14(21)8-9-18-25(2,23)24/h5-6,10,12,14,18H,3-4,7-9,11H2,1-2H3/t14-/m1/s1. The molecule has 2 aromatic rings. The van der Waals surface area contributed by atoms with E-state index in [0.29, 0.717) is 25.2 Å². The molecule has 3 rings (SSSR count). The number of carbonyl (C=O) groups excluding carboxylic acids is 1. The second-order valence-electron chi connectivity index (χ2n) is 6.65. The van der Waals surface area contributed by atoms with Crippen LogP contribution in [0.5, 0.6) is 0 Å². The SMILES string of the molecule is Cc1cccn2cc(C(=O)N3CCCC[C@@H]3CCNS(C)(=O)=O)nc12. The number of rotatable bonds is 5. The molecule has 0 aromatic carbocycles. The molecule has 1 fully saturated rings. The molecular weight excluding hydrogens is 340 g/mol. The number of nitrogens with zero attached hydrogens (tertiary/aromatic N) is 3. The lowest BCUT2D eigenvalue weighted by Gasteiger charge is -2.35. The zero-order valence-corrected chi connectivity index (χ0v) is 15.4. The number of aryl methyl sites for hydroxylation is 1. The minimum atomic E-state index is -3.21. The average Bonchev–Trinajstić information content (AvgIpc) is 2.99. The number of fused-ring (bicyclic) bond motifs is 1. The number of piperidine rings is 1. The van der Waals surface area contributed by atoms with Gasteiger partial charge in [-0.25, -0.2) is 18.1 Å². The minimum absolute atomic E-state index is 0.0430. The molecule has 0 bridgehead atoms. The smallest absolute Gasteiger partial charge is 0.274 e. The highest BCUT2D eigenvalue weighted by molar-refractivity contribution is 7.88. The van der Waals surface area contributed by atoms with Gasteiger partial charge in [-0.1, -0.05) is 6.07 Å². The Morgan fingerprint density at radius 2 is 2.20 bits per heavy atom. The van der Waals surface area contributed by atoms with E-state index < -0.39 is 10.0 Å². The lowest BCUT2D eigenvalue weighted by molar-refractivity contribution is 0.0598. The summed E-state index contributed by atoms with van der Waals surface area (Å²) in [5.74, 6) is -0.0767. The summed E-state index contributed by atoms with van der Waals surface area (Å²) < 4.78 is 26.9. The monoisotopic (exact) mass is 364 g/mol. The zero-order chi connectivity index (χ0) is 18.0. The summed E-state index contributed by atoms with van der Waals surface area (Å²) in [4.78, 5) is 19.3. The Morgan fingerprint density at radius 3 is 2.92 bits per heavy atom. The summed E-state index contributed by atoms with van der Waals surface area (Å²) in [6.45, 7) is 3.00. The molecule has 0 spiro atoms. The van der Waals surface area contributed by atoms with Gasteiger partial charge in [-0.3, -0.25) is 4.79 Å². The maximum absolute atomic E-state index is 13.0. The Labute approximate surface area is 148 Å². The average molecular weight is 364 g/mol. The molecule has 25 heavy (non-hydrogen) atoms. The van der Waals surface area contributed by atoms with E-state index in [-0.39, 0.29) is 11.9 Å². The first kappa shape index (κ1) is 17.9. The van der Waals surface area contributed by atoms with Crippen molar-refractivity contribution in [1.29, 1.82) is 0 Å². The van der Waals surface area contributed by atoms with Crippen LogP contribution in [0.2, 0.25) is 0 Å². The molecule has 0 unspecified atom stereocenters. The van der Waals surface area contributed by atoms with Gasteiger partial charge in [-0.2, -0.15) is 0 Å². The third-order valence-electron chi connectivity index (χ3n) is 4.63. The number of nitrogens with one attached hydrogen (secondary N) is 1. The Morgan fingerprint density at radius 1 is 1.40 bits per heavy atom. The molecule has 1 aliphatic rings. The van der Waals surface area contributed by atoms with Crippen molar-refractivity contribution in [3.63, 3.8) is 0 Å². The molecule has 1 atom stereocenters. The predicted molar refractivity (Wildman–Crippen MR) is 96.1 cm³/mol. The number of imidazole rings is 1. The van der Waals surface area contributed by atoms with E-state index in [2.05, 4.69) is 9.71 Å². The Bertz CT molecular complexity index is 875. The van der Waals surface area contributed by atoms with Gasteiger partial charge in [0.25, 0.3) is 5.91 Å². The van der Waals surface area contributed by atoms with Crippen LogP contribution in [0.25, 0.3) is 5.65 Å². The van der Waals surface area contributed by atoms with Crippen LogP contribution in [0.1, 0.15) is 41.7 Å². The van der Waals surface area contributed by atoms with Gasteiger partial charge < -0.3 is 9.30 Å². The fraction of sp³-hybridized carbons (Fsp3) is 0.529. The predicted octanol–water partition coefficient (Wildman–Crippen LogP) is 1.58.